The number of aromatic nitrogens is 4. The van der Waals surface area contributed by atoms with Crippen LogP contribution in [0.3, 0.4) is 0 Å². The first-order valence-corrected chi connectivity index (χ1v) is 14.3. The number of nitrogens with one attached hydrogen (secondary N) is 2. The Hall–Kier alpha value is -3.20. The van der Waals surface area contributed by atoms with Crippen LogP contribution in [0.1, 0.15) is 38.0 Å². The normalized spacial score (nSPS) is 32.4. The van der Waals surface area contributed by atoms with Crippen molar-refractivity contribution in [3.8, 4) is 5.75 Å². The van der Waals surface area contributed by atoms with Crippen LogP contribution in [-0.4, -0.2) is 79.6 Å². The minimum atomic E-state index is -4.33. The van der Waals surface area contributed by atoms with Gasteiger partial charge in [0, 0.05) is 6.54 Å². The third kappa shape index (κ3) is 5.94. The number of carbonyl (C=O) groups excluding carboxylic acids is 1. The molecular weight excluding hydrogens is 550 g/mol. The Balaban J connectivity index is 1.45. The summed E-state index contributed by atoms with van der Waals surface area (Å²) in [5.41, 5.74) is 0.271. The highest BCUT2D eigenvalue weighted by Crippen LogP contribution is 2.48. The van der Waals surface area contributed by atoms with Crippen LogP contribution in [0.15, 0.2) is 42.9 Å². The number of hydrogen-bond donors (Lipinski definition) is 4. The van der Waals surface area contributed by atoms with Crippen LogP contribution >= 0.6 is 7.75 Å². The number of aliphatic hydroxyl groups is 2. The molecule has 0 amide bonds. The molecule has 6 bridgehead atoms. The SMILES string of the molecule is C[C@H]1NP(=O)(Oc2ccccc2)OC[C@H]2O[C@@H](c3cnc4c(ncnn34)NCCCCCOC1=O)[C@@](O)(F)[C@@H]2O. The minimum Gasteiger partial charge on any atom is -0.465 e. The number of benzene rings is 1. The van der Waals surface area contributed by atoms with Crippen LogP contribution in [0.2, 0.25) is 0 Å². The average molecular weight is 581 g/mol. The predicted molar refractivity (Wildman–Crippen MR) is 137 cm³/mol. The van der Waals surface area contributed by atoms with E-state index in [1.807, 2.05) is 0 Å². The van der Waals surface area contributed by atoms with E-state index in [0.29, 0.717) is 25.2 Å². The summed E-state index contributed by atoms with van der Waals surface area (Å²) in [6.07, 6.45) is -0.793. The fourth-order valence-electron chi connectivity index (χ4n) is 4.39. The molecule has 6 atom stereocenters. The molecule has 0 radical (unpaired) electrons. The lowest BCUT2D eigenvalue weighted by Crippen LogP contribution is -2.42. The molecule has 14 nitrogen and oxygen atoms in total. The van der Waals surface area contributed by atoms with Crippen molar-refractivity contribution < 1.29 is 42.5 Å². The van der Waals surface area contributed by atoms with Crippen molar-refractivity contribution in [1.82, 2.24) is 24.7 Å². The fraction of sp³-hybridized carbons (Fsp3) is 0.500. The molecular formula is C24H30FN6O8P. The van der Waals surface area contributed by atoms with E-state index < -0.39 is 50.5 Å². The number of para-hydroxylation sites is 1. The van der Waals surface area contributed by atoms with Crippen molar-refractivity contribution in [3.05, 3.63) is 48.5 Å². The van der Waals surface area contributed by atoms with E-state index in [2.05, 4.69) is 25.5 Å². The zero-order valence-corrected chi connectivity index (χ0v) is 22.4. The first-order chi connectivity index (χ1) is 19.2. The highest BCUT2D eigenvalue weighted by atomic mass is 31.2. The Kier molecular flexibility index (Phi) is 8.31. The second kappa shape index (κ2) is 11.7. The largest absolute Gasteiger partial charge is 0.465 e. The summed E-state index contributed by atoms with van der Waals surface area (Å²) in [4.78, 5) is 21.0. The fourth-order valence-corrected chi connectivity index (χ4v) is 5.89. The number of esters is 1. The lowest BCUT2D eigenvalue weighted by atomic mass is 10.0. The van der Waals surface area contributed by atoms with Gasteiger partial charge in [0.25, 0.3) is 5.85 Å². The highest BCUT2D eigenvalue weighted by Gasteiger charge is 2.58. The Morgan fingerprint density at radius 3 is 2.83 bits per heavy atom. The third-order valence-corrected chi connectivity index (χ3v) is 8.13. The summed E-state index contributed by atoms with van der Waals surface area (Å²) in [6, 6.07) is 6.95. The summed E-state index contributed by atoms with van der Waals surface area (Å²) in [6.45, 7) is 1.42. The summed E-state index contributed by atoms with van der Waals surface area (Å²) < 4.78 is 52.6. The first kappa shape index (κ1) is 28.3. The van der Waals surface area contributed by atoms with Gasteiger partial charge in [-0.1, -0.05) is 18.2 Å². The van der Waals surface area contributed by atoms with Crippen LogP contribution in [0.5, 0.6) is 5.75 Å². The zero-order valence-electron chi connectivity index (χ0n) is 21.6. The molecule has 16 heteroatoms. The first-order valence-electron chi connectivity index (χ1n) is 12.8. The molecule has 0 spiro atoms. The molecule has 1 aromatic carbocycles. The zero-order chi connectivity index (χ0) is 28.3. The quantitative estimate of drug-likeness (QED) is 0.255. The van der Waals surface area contributed by atoms with Gasteiger partial charge in [-0.2, -0.15) is 10.2 Å². The highest BCUT2D eigenvalue weighted by molar-refractivity contribution is 7.52. The van der Waals surface area contributed by atoms with Gasteiger partial charge in [-0.15, -0.1) is 0 Å². The van der Waals surface area contributed by atoms with Gasteiger partial charge in [0.15, 0.2) is 17.6 Å². The topological polar surface area (TPSA) is 179 Å². The lowest BCUT2D eigenvalue weighted by molar-refractivity contribution is -0.177. The van der Waals surface area contributed by atoms with E-state index in [-0.39, 0.29) is 23.7 Å². The van der Waals surface area contributed by atoms with Crippen LogP contribution in [0, 0.1) is 0 Å². The molecule has 1 fully saturated rings. The molecule has 4 N–H and O–H groups in total. The van der Waals surface area contributed by atoms with Crippen molar-refractivity contribution in [1.29, 1.82) is 0 Å². The second-order valence-electron chi connectivity index (χ2n) is 9.46. The van der Waals surface area contributed by atoms with Gasteiger partial charge in [0.2, 0.25) is 0 Å². The number of rotatable bonds is 2. The predicted octanol–water partition coefficient (Wildman–Crippen LogP) is 1.90. The van der Waals surface area contributed by atoms with Crippen molar-refractivity contribution in [2.45, 2.75) is 56.4 Å². The Labute approximate surface area is 228 Å². The molecule has 2 aliphatic rings. The van der Waals surface area contributed by atoms with Gasteiger partial charge in [-0.3, -0.25) is 9.32 Å². The summed E-state index contributed by atoms with van der Waals surface area (Å²) in [7, 11) is -4.33. The number of imidazole rings is 1. The van der Waals surface area contributed by atoms with Gasteiger partial charge in [0.05, 0.1) is 25.1 Å². The third-order valence-electron chi connectivity index (χ3n) is 6.49. The second-order valence-corrected chi connectivity index (χ2v) is 11.2. The van der Waals surface area contributed by atoms with Crippen molar-refractivity contribution in [2.75, 3.05) is 25.1 Å². The number of ether oxygens (including phenoxy) is 2. The van der Waals surface area contributed by atoms with Crippen LogP contribution in [0.4, 0.5) is 10.2 Å². The Bertz CT molecular complexity index is 1380. The Morgan fingerprint density at radius 1 is 1.23 bits per heavy atom. The van der Waals surface area contributed by atoms with Crippen molar-refractivity contribution in [3.63, 3.8) is 0 Å². The maximum Gasteiger partial charge on any atom is 0.459 e. The summed E-state index contributed by atoms with van der Waals surface area (Å²) in [5.74, 6) is -3.42. The standard InChI is InChI=1S/C24H30FN6O8P/c1-15-23(33)36-11-7-3-6-10-26-21-22-27-12-17(31(22)29-14-28-21)20-24(25,34)19(32)18(38-20)13-37-40(35,30-15)39-16-8-4-2-5-9-16/h2,4-5,8-9,12,14-15,18-20,32,34H,3,6-7,10-11,13H2,1H3,(H,30,35)(H,26,28,29)/t15-,18-,19-,20+,24-,40?/m1/s1. The lowest BCUT2D eigenvalue weighted by Gasteiger charge is -2.25. The van der Waals surface area contributed by atoms with Crippen LogP contribution < -0.4 is 14.9 Å². The number of anilines is 1. The molecule has 0 aliphatic carbocycles. The number of carbonyl (C=O) groups is 1. The van der Waals surface area contributed by atoms with E-state index in [1.165, 1.54) is 36.1 Å². The molecule has 5 rings (SSSR count). The monoisotopic (exact) mass is 580 g/mol. The van der Waals surface area contributed by atoms with Crippen LogP contribution in [-0.2, 0) is 23.4 Å². The van der Waals surface area contributed by atoms with Gasteiger partial charge in [-0.25, -0.2) is 23.4 Å². The molecule has 1 saturated heterocycles. The number of nitrogens with zero attached hydrogens (tertiary/aromatic N) is 4. The smallest absolute Gasteiger partial charge is 0.459 e. The molecule has 0 saturated carbocycles. The molecule has 216 valence electrons. The van der Waals surface area contributed by atoms with Gasteiger partial charge in [0.1, 0.15) is 30.3 Å². The number of halogens is 1. The number of hydrogen-bond acceptors (Lipinski definition) is 12. The molecule has 2 aromatic heterocycles. The van der Waals surface area contributed by atoms with E-state index in [4.69, 9.17) is 18.5 Å². The molecule has 2 aliphatic heterocycles. The van der Waals surface area contributed by atoms with E-state index in [9.17, 15) is 19.6 Å². The molecule has 40 heavy (non-hydrogen) atoms. The maximum absolute atomic E-state index is 15.5. The van der Waals surface area contributed by atoms with Gasteiger partial charge in [-0.05, 0) is 38.3 Å². The molecule has 4 heterocycles. The van der Waals surface area contributed by atoms with E-state index in [1.54, 1.807) is 18.2 Å². The number of alkyl halides is 1. The average Bonchev–Trinajstić information content (AvgIpc) is 3.45. The van der Waals surface area contributed by atoms with Crippen molar-refractivity contribution >= 4 is 25.2 Å². The van der Waals surface area contributed by atoms with Crippen molar-refractivity contribution in [2.24, 2.45) is 0 Å². The molecule has 3 aromatic rings. The van der Waals surface area contributed by atoms with Gasteiger partial charge >= 0.3 is 13.7 Å². The van der Waals surface area contributed by atoms with E-state index in [0.717, 1.165) is 6.42 Å². The minimum absolute atomic E-state index is 0.0135. The van der Waals surface area contributed by atoms with E-state index >= 15 is 4.39 Å². The number of aliphatic hydroxyl groups excluding tert-OH is 1. The van der Waals surface area contributed by atoms with Gasteiger partial charge < -0.3 is 29.5 Å². The Morgan fingerprint density at radius 2 is 2.02 bits per heavy atom. The summed E-state index contributed by atoms with van der Waals surface area (Å²) >= 11 is 0. The maximum atomic E-state index is 15.5. The summed E-state index contributed by atoms with van der Waals surface area (Å²) in [5, 5.41) is 31.0. The number of fused-ring (bicyclic) bond motifs is 3. The van der Waals surface area contributed by atoms with Crippen LogP contribution in [0.25, 0.3) is 5.65 Å². The molecule has 1 unspecified atom stereocenters. The number of cyclic esters (lactones) is 1.